The lowest BCUT2D eigenvalue weighted by molar-refractivity contribution is -0.145. The fourth-order valence-corrected chi connectivity index (χ4v) is 5.84. The molecule has 0 saturated heterocycles. The van der Waals surface area contributed by atoms with Gasteiger partial charge in [0.05, 0.1) is 32.6 Å². The minimum Gasteiger partial charge on any atom is -0.492 e. The predicted molar refractivity (Wildman–Crippen MR) is 163 cm³/mol. The Hall–Kier alpha value is -2.77. The average Bonchev–Trinajstić information content (AvgIpc) is 3.30. The number of fused-ring (bicyclic) bond motifs is 2. The van der Waals surface area contributed by atoms with Crippen molar-refractivity contribution in [2.24, 2.45) is 11.7 Å². The van der Waals surface area contributed by atoms with E-state index < -0.39 is 26.1 Å². The molecule has 0 amide bonds. The van der Waals surface area contributed by atoms with Gasteiger partial charge in [0.25, 0.3) is 0 Å². The lowest BCUT2D eigenvalue weighted by atomic mass is 9.85. The Morgan fingerprint density at radius 2 is 1.80 bits per heavy atom. The van der Waals surface area contributed by atoms with Crippen LogP contribution in [0.5, 0.6) is 5.75 Å². The standard InChI is InChI=1S/C26H31N5O5S2.2ClH/c1-15(2)26(27,24(32)33)8-9-36-20-12-18-17(11-22(20)38(34,35)25(3,4)5)23(29-13-28-18)31-16-6-7-21-19(10-16)30-14-37-21;;/h6-7,10-15H,8-9,27H2,1-5H3,(H,32,33)(H,28,29,31);2*1H/t26-;;/m0../s1. The minimum atomic E-state index is -3.87. The van der Waals surface area contributed by atoms with Crippen LogP contribution in [0.25, 0.3) is 21.1 Å². The van der Waals surface area contributed by atoms with Crippen molar-refractivity contribution in [3.63, 3.8) is 0 Å². The fraction of sp³-hybridized carbons (Fsp3) is 0.385. The Balaban J connectivity index is 0.00000280. The first-order chi connectivity index (χ1) is 17.7. The molecule has 0 saturated carbocycles. The molecule has 0 unspecified atom stereocenters. The van der Waals surface area contributed by atoms with Gasteiger partial charge in [-0.05, 0) is 51.0 Å². The number of ether oxygens (including phenoxy) is 1. The van der Waals surface area contributed by atoms with E-state index in [2.05, 4.69) is 20.3 Å². The van der Waals surface area contributed by atoms with Gasteiger partial charge in [-0.3, -0.25) is 4.79 Å². The van der Waals surface area contributed by atoms with Gasteiger partial charge in [-0.1, -0.05) is 13.8 Å². The number of halogens is 2. The van der Waals surface area contributed by atoms with Crippen LogP contribution in [0.4, 0.5) is 11.5 Å². The maximum atomic E-state index is 13.6. The van der Waals surface area contributed by atoms with Gasteiger partial charge in [0.2, 0.25) is 0 Å². The highest BCUT2D eigenvalue weighted by Crippen LogP contribution is 2.37. The summed E-state index contributed by atoms with van der Waals surface area (Å²) in [7, 11) is -3.87. The van der Waals surface area contributed by atoms with Crippen LogP contribution in [0.15, 0.2) is 47.1 Å². The van der Waals surface area contributed by atoms with Gasteiger partial charge in [-0.25, -0.2) is 23.4 Å². The fourth-order valence-electron chi connectivity index (χ4n) is 3.86. The summed E-state index contributed by atoms with van der Waals surface area (Å²) in [5, 5.41) is 13.4. The number of carboxylic acid groups (broad SMARTS) is 1. The summed E-state index contributed by atoms with van der Waals surface area (Å²) < 4.78 is 33.1. The molecular weight excluding hydrogens is 597 g/mol. The van der Waals surface area contributed by atoms with Crippen LogP contribution < -0.4 is 15.8 Å². The molecule has 0 aliphatic carbocycles. The maximum absolute atomic E-state index is 13.6. The highest BCUT2D eigenvalue weighted by molar-refractivity contribution is 7.92. The van der Waals surface area contributed by atoms with Gasteiger partial charge in [0.1, 0.15) is 28.3 Å². The Kier molecular flexibility index (Phi) is 10.4. The Morgan fingerprint density at radius 3 is 2.42 bits per heavy atom. The summed E-state index contributed by atoms with van der Waals surface area (Å²) in [5.41, 5.74) is 8.41. The van der Waals surface area contributed by atoms with E-state index in [1.807, 2.05) is 18.2 Å². The Morgan fingerprint density at radius 1 is 1.10 bits per heavy atom. The molecule has 10 nitrogen and oxygen atoms in total. The van der Waals surface area contributed by atoms with Gasteiger partial charge in [-0.15, -0.1) is 36.2 Å². The first kappa shape index (κ1) is 33.4. The van der Waals surface area contributed by atoms with Crippen LogP contribution in [-0.4, -0.2) is 51.3 Å². The first-order valence-electron chi connectivity index (χ1n) is 12.0. The zero-order valence-electron chi connectivity index (χ0n) is 22.7. The summed E-state index contributed by atoms with van der Waals surface area (Å²) in [4.78, 5) is 24.8. The molecule has 40 heavy (non-hydrogen) atoms. The molecule has 0 fully saturated rings. The zero-order chi connectivity index (χ0) is 27.9. The monoisotopic (exact) mass is 629 g/mol. The number of sulfone groups is 1. The molecule has 218 valence electrons. The topological polar surface area (TPSA) is 157 Å². The molecule has 0 aliphatic rings. The Bertz CT molecular complexity index is 1620. The molecule has 0 bridgehead atoms. The number of hydrogen-bond donors (Lipinski definition) is 3. The second kappa shape index (κ2) is 12.4. The normalized spacial score (nSPS) is 13.4. The number of carboxylic acids is 1. The lowest BCUT2D eigenvalue weighted by Crippen LogP contribution is -2.53. The number of aromatic nitrogens is 3. The van der Waals surface area contributed by atoms with Crippen LogP contribution in [0, 0.1) is 5.92 Å². The van der Waals surface area contributed by atoms with Crippen molar-refractivity contribution in [3.05, 3.63) is 42.2 Å². The average molecular weight is 631 g/mol. The number of thiazole rings is 1. The van der Waals surface area contributed by atoms with Crippen LogP contribution in [-0.2, 0) is 14.6 Å². The quantitative estimate of drug-likeness (QED) is 0.212. The van der Waals surface area contributed by atoms with E-state index in [9.17, 15) is 18.3 Å². The van der Waals surface area contributed by atoms with E-state index in [4.69, 9.17) is 10.5 Å². The molecule has 4 rings (SSSR count). The van der Waals surface area contributed by atoms with E-state index in [1.165, 1.54) is 23.7 Å². The van der Waals surface area contributed by atoms with Gasteiger partial charge in [-0.2, -0.15) is 0 Å². The maximum Gasteiger partial charge on any atom is 0.324 e. The van der Waals surface area contributed by atoms with E-state index in [0.717, 1.165) is 15.9 Å². The Labute approximate surface area is 249 Å². The van der Waals surface area contributed by atoms with Crippen LogP contribution in [0.1, 0.15) is 41.0 Å². The number of rotatable bonds is 9. The summed E-state index contributed by atoms with van der Waals surface area (Å²) in [5.74, 6) is -0.995. The van der Waals surface area contributed by atoms with E-state index in [-0.39, 0.29) is 54.4 Å². The highest BCUT2D eigenvalue weighted by atomic mass is 35.5. The number of nitrogens with two attached hydrogens (primary N) is 1. The SMILES string of the molecule is CC(C)[C@@](N)(CCOc1cc2ncnc(Nc3ccc4scnc4c3)c2cc1S(=O)(=O)C(C)(C)C)C(=O)O.Cl.Cl. The summed E-state index contributed by atoms with van der Waals surface area (Å²) in [6.45, 7) is 8.16. The first-order valence-corrected chi connectivity index (χ1v) is 14.4. The van der Waals surface area contributed by atoms with Gasteiger partial charge in [0, 0.05) is 23.6 Å². The summed E-state index contributed by atoms with van der Waals surface area (Å²) >= 11 is 1.54. The van der Waals surface area contributed by atoms with Crippen molar-refractivity contribution in [1.29, 1.82) is 0 Å². The molecule has 0 spiro atoms. The van der Waals surface area contributed by atoms with Crippen molar-refractivity contribution in [3.8, 4) is 5.75 Å². The van der Waals surface area contributed by atoms with Crippen LogP contribution in [0.3, 0.4) is 0 Å². The number of carbonyl (C=O) groups is 1. The number of benzene rings is 2. The second-order valence-electron chi connectivity index (χ2n) is 10.4. The number of aliphatic carboxylic acids is 1. The molecule has 2 heterocycles. The van der Waals surface area contributed by atoms with Crippen molar-refractivity contribution in [1.82, 2.24) is 15.0 Å². The number of hydrogen-bond acceptors (Lipinski definition) is 10. The zero-order valence-corrected chi connectivity index (χ0v) is 25.9. The lowest BCUT2D eigenvalue weighted by Gasteiger charge is -2.29. The minimum absolute atomic E-state index is 0. The van der Waals surface area contributed by atoms with Gasteiger partial charge in [0.15, 0.2) is 9.84 Å². The smallest absolute Gasteiger partial charge is 0.324 e. The molecule has 1 atom stereocenters. The summed E-state index contributed by atoms with van der Waals surface area (Å²) in [6.07, 6.45) is 1.37. The molecule has 4 aromatic rings. The van der Waals surface area contributed by atoms with Crippen molar-refractivity contribution in [2.45, 2.75) is 56.2 Å². The third-order valence-electron chi connectivity index (χ3n) is 6.59. The number of anilines is 2. The molecule has 4 N–H and O–H groups in total. The third kappa shape index (κ3) is 6.41. The van der Waals surface area contributed by atoms with E-state index in [1.54, 1.807) is 46.2 Å². The molecular formula is C26H33Cl2N5O5S2. The van der Waals surface area contributed by atoms with Crippen molar-refractivity contribution < 1.29 is 23.1 Å². The number of nitrogens with zero attached hydrogens (tertiary/aromatic N) is 3. The van der Waals surface area contributed by atoms with Crippen molar-refractivity contribution in [2.75, 3.05) is 11.9 Å². The number of nitrogens with one attached hydrogen (secondary N) is 1. The third-order valence-corrected chi connectivity index (χ3v) is 9.91. The van der Waals surface area contributed by atoms with E-state index >= 15 is 0 Å². The second-order valence-corrected chi connectivity index (χ2v) is 14.0. The molecule has 0 radical (unpaired) electrons. The highest BCUT2D eigenvalue weighted by Gasteiger charge is 2.38. The molecule has 14 heteroatoms. The largest absolute Gasteiger partial charge is 0.492 e. The van der Waals surface area contributed by atoms with Crippen LogP contribution in [0.2, 0.25) is 0 Å². The predicted octanol–water partition coefficient (Wildman–Crippen LogP) is 5.61. The van der Waals surface area contributed by atoms with Gasteiger partial charge >= 0.3 is 5.97 Å². The summed E-state index contributed by atoms with van der Waals surface area (Å²) in [6, 6.07) is 8.78. The van der Waals surface area contributed by atoms with E-state index in [0.29, 0.717) is 16.7 Å². The van der Waals surface area contributed by atoms with Crippen molar-refractivity contribution >= 4 is 84.6 Å². The molecule has 2 aromatic heterocycles. The molecule has 2 aromatic carbocycles. The molecule has 0 aliphatic heterocycles. The van der Waals surface area contributed by atoms with Crippen LogP contribution >= 0.6 is 36.2 Å². The van der Waals surface area contributed by atoms with Gasteiger partial charge < -0.3 is 20.9 Å².